The highest BCUT2D eigenvalue weighted by molar-refractivity contribution is 5.21. The summed E-state index contributed by atoms with van der Waals surface area (Å²) < 4.78 is 43.5. The quantitative estimate of drug-likeness (QED) is 0.834. The summed E-state index contributed by atoms with van der Waals surface area (Å²) in [7, 11) is 0. The highest BCUT2D eigenvalue weighted by Crippen LogP contribution is 2.32. The van der Waals surface area contributed by atoms with Crippen molar-refractivity contribution in [3.05, 3.63) is 23.2 Å². The Hall–Kier alpha value is -1.01. The first-order valence-corrected chi connectivity index (χ1v) is 7.37. The third kappa shape index (κ3) is 5.36. The van der Waals surface area contributed by atoms with Crippen molar-refractivity contribution in [3.63, 3.8) is 0 Å². The Kier molecular flexibility index (Phi) is 4.99. The summed E-state index contributed by atoms with van der Waals surface area (Å²) in [5, 5.41) is 3.24. The number of furan rings is 1. The Morgan fingerprint density at radius 3 is 2.57 bits per heavy atom. The number of aryl methyl sites for hydroxylation is 1. The van der Waals surface area contributed by atoms with Crippen molar-refractivity contribution in [1.29, 1.82) is 0 Å². The third-order valence-corrected chi connectivity index (χ3v) is 3.58. The van der Waals surface area contributed by atoms with Gasteiger partial charge in [-0.3, -0.25) is 4.90 Å². The van der Waals surface area contributed by atoms with Crippen molar-refractivity contribution in [2.75, 3.05) is 6.54 Å². The van der Waals surface area contributed by atoms with Gasteiger partial charge < -0.3 is 9.73 Å². The molecule has 1 aliphatic rings. The minimum absolute atomic E-state index is 0.0677. The van der Waals surface area contributed by atoms with Gasteiger partial charge in [0, 0.05) is 24.2 Å². The summed E-state index contributed by atoms with van der Waals surface area (Å²) in [6.07, 6.45) is -2.44. The fourth-order valence-electron chi connectivity index (χ4n) is 2.34. The van der Waals surface area contributed by atoms with Crippen molar-refractivity contribution in [2.45, 2.75) is 65.0 Å². The molecule has 3 nitrogen and oxygen atoms in total. The van der Waals surface area contributed by atoms with Crippen LogP contribution in [0.5, 0.6) is 0 Å². The largest absolute Gasteiger partial charge is 0.465 e. The Morgan fingerprint density at radius 2 is 2.05 bits per heavy atom. The average Bonchev–Trinajstić information content (AvgIpc) is 3.11. The number of alkyl halides is 3. The van der Waals surface area contributed by atoms with E-state index in [4.69, 9.17) is 4.42 Å². The smallest absolute Gasteiger partial charge is 0.401 e. The zero-order chi connectivity index (χ0) is 15.6. The molecule has 0 amide bonds. The molecule has 2 rings (SSSR count). The number of hydrogen-bond acceptors (Lipinski definition) is 3. The molecule has 21 heavy (non-hydrogen) atoms. The Labute approximate surface area is 123 Å². The first-order valence-electron chi connectivity index (χ1n) is 7.37. The standard InChI is InChI=1S/C15H23F3N2O/c1-10(2)19-7-14-6-12(11(3)21-14)8-20(13-4-5-13)9-15(16,17)18/h6,10,13,19H,4-5,7-9H2,1-3H3. The van der Waals surface area contributed by atoms with Crippen LogP contribution in [0.4, 0.5) is 13.2 Å². The molecule has 0 aliphatic heterocycles. The summed E-state index contributed by atoms with van der Waals surface area (Å²) in [5.41, 5.74) is 0.853. The van der Waals surface area contributed by atoms with Crippen LogP contribution in [0.2, 0.25) is 0 Å². The van der Waals surface area contributed by atoms with Crippen LogP contribution < -0.4 is 5.32 Å². The molecule has 0 aromatic carbocycles. The van der Waals surface area contributed by atoms with Crippen LogP contribution in [-0.4, -0.2) is 29.7 Å². The maximum absolute atomic E-state index is 12.6. The van der Waals surface area contributed by atoms with Crippen molar-refractivity contribution >= 4 is 0 Å². The monoisotopic (exact) mass is 304 g/mol. The second-order valence-corrected chi connectivity index (χ2v) is 6.08. The van der Waals surface area contributed by atoms with E-state index in [9.17, 15) is 13.2 Å². The Morgan fingerprint density at radius 1 is 1.38 bits per heavy atom. The summed E-state index contributed by atoms with van der Waals surface area (Å²) in [5.74, 6) is 1.49. The molecule has 6 heteroatoms. The van der Waals surface area contributed by atoms with E-state index in [0.717, 1.165) is 24.2 Å². The molecule has 1 heterocycles. The number of rotatable bonds is 7. The van der Waals surface area contributed by atoms with Gasteiger partial charge >= 0.3 is 6.18 Å². The molecular weight excluding hydrogens is 281 g/mol. The lowest BCUT2D eigenvalue weighted by Crippen LogP contribution is -2.35. The highest BCUT2D eigenvalue weighted by atomic mass is 19.4. The molecule has 1 fully saturated rings. The third-order valence-electron chi connectivity index (χ3n) is 3.58. The normalized spacial score (nSPS) is 16.2. The molecule has 1 aromatic rings. The van der Waals surface area contributed by atoms with Crippen LogP contribution in [0.1, 0.15) is 43.8 Å². The molecule has 0 saturated heterocycles. The lowest BCUT2D eigenvalue weighted by atomic mass is 10.2. The summed E-state index contributed by atoms with van der Waals surface area (Å²) >= 11 is 0. The minimum Gasteiger partial charge on any atom is -0.465 e. The van der Waals surface area contributed by atoms with Gasteiger partial charge in [0.1, 0.15) is 11.5 Å². The van der Waals surface area contributed by atoms with E-state index < -0.39 is 12.7 Å². The maximum atomic E-state index is 12.6. The number of nitrogens with zero attached hydrogens (tertiary/aromatic N) is 1. The molecule has 0 bridgehead atoms. The maximum Gasteiger partial charge on any atom is 0.401 e. The van der Waals surface area contributed by atoms with E-state index in [-0.39, 0.29) is 6.04 Å². The minimum atomic E-state index is -4.15. The first kappa shape index (κ1) is 16.4. The molecule has 1 N–H and O–H groups in total. The zero-order valence-electron chi connectivity index (χ0n) is 12.8. The fourth-order valence-corrected chi connectivity index (χ4v) is 2.34. The summed E-state index contributed by atoms with van der Waals surface area (Å²) in [4.78, 5) is 1.51. The molecule has 0 atom stereocenters. The van der Waals surface area contributed by atoms with Crippen LogP contribution >= 0.6 is 0 Å². The second kappa shape index (κ2) is 6.40. The second-order valence-electron chi connectivity index (χ2n) is 6.08. The van der Waals surface area contributed by atoms with Crippen LogP contribution in [0.3, 0.4) is 0 Å². The molecule has 1 saturated carbocycles. The van der Waals surface area contributed by atoms with E-state index in [1.165, 1.54) is 4.90 Å². The van der Waals surface area contributed by atoms with Gasteiger partial charge in [0.25, 0.3) is 0 Å². The Bertz CT molecular complexity index is 464. The SMILES string of the molecule is Cc1oc(CNC(C)C)cc1CN(CC(F)(F)F)C1CC1. The molecule has 0 spiro atoms. The van der Waals surface area contributed by atoms with E-state index >= 15 is 0 Å². The lowest BCUT2D eigenvalue weighted by Gasteiger charge is -2.22. The lowest BCUT2D eigenvalue weighted by molar-refractivity contribution is -0.148. The van der Waals surface area contributed by atoms with Gasteiger partial charge in [-0.05, 0) is 25.8 Å². The van der Waals surface area contributed by atoms with Gasteiger partial charge in [0.15, 0.2) is 0 Å². The van der Waals surface area contributed by atoms with Gasteiger partial charge in [0.05, 0.1) is 13.1 Å². The fraction of sp³-hybridized carbons (Fsp3) is 0.733. The summed E-state index contributed by atoms with van der Waals surface area (Å²) in [6, 6.07) is 2.28. The van der Waals surface area contributed by atoms with Crippen molar-refractivity contribution < 1.29 is 17.6 Å². The predicted octanol–water partition coefficient (Wildman–Crippen LogP) is 3.61. The van der Waals surface area contributed by atoms with Gasteiger partial charge in [-0.2, -0.15) is 13.2 Å². The topological polar surface area (TPSA) is 28.4 Å². The van der Waals surface area contributed by atoms with Crippen molar-refractivity contribution in [1.82, 2.24) is 10.2 Å². The highest BCUT2D eigenvalue weighted by Gasteiger charge is 2.38. The van der Waals surface area contributed by atoms with Crippen LogP contribution in [-0.2, 0) is 13.1 Å². The first-order chi connectivity index (χ1) is 9.74. The zero-order valence-corrected chi connectivity index (χ0v) is 12.8. The summed E-state index contributed by atoms with van der Waals surface area (Å²) in [6.45, 7) is 5.95. The van der Waals surface area contributed by atoms with Crippen molar-refractivity contribution in [2.24, 2.45) is 0 Å². The van der Waals surface area contributed by atoms with Gasteiger partial charge in [-0.15, -0.1) is 0 Å². The number of nitrogens with one attached hydrogen (secondary N) is 1. The van der Waals surface area contributed by atoms with Crippen LogP contribution in [0.15, 0.2) is 10.5 Å². The molecule has 1 aliphatic carbocycles. The van der Waals surface area contributed by atoms with E-state index in [1.807, 2.05) is 26.8 Å². The number of hydrogen-bond donors (Lipinski definition) is 1. The molecule has 1 aromatic heterocycles. The van der Waals surface area contributed by atoms with E-state index in [1.54, 1.807) is 0 Å². The number of halogens is 3. The predicted molar refractivity (Wildman–Crippen MR) is 74.9 cm³/mol. The van der Waals surface area contributed by atoms with Crippen molar-refractivity contribution in [3.8, 4) is 0 Å². The van der Waals surface area contributed by atoms with E-state index in [0.29, 0.717) is 24.9 Å². The Balaban J connectivity index is 1.99. The average molecular weight is 304 g/mol. The van der Waals surface area contributed by atoms with E-state index in [2.05, 4.69) is 5.32 Å². The molecule has 0 radical (unpaired) electrons. The van der Waals surface area contributed by atoms with Crippen LogP contribution in [0.25, 0.3) is 0 Å². The van der Waals surface area contributed by atoms with Crippen LogP contribution in [0, 0.1) is 6.92 Å². The van der Waals surface area contributed by atoms with Gasteiger partial charge in [0.2, 0.25) is 0 Å². The molecule has 120 valence electrons. The van der Waals surface area contributed by atoms with Gasteiger partial charge in [-0.1, -0.05) is 13.8 Å². The van der Waals surface area contributed by atoms with Gasteiger partial charge in [-0.25, -0.2) is 0 Å². The molecule has 0 unspecified atom stereocenters. The molecular formula is C15H23F3N2O.